The highest BCUT2D eigenvalue weighted by Gasteiger charge is 2.40. The second-order valence-corrected chi connectivity index (χ2v) is 5.99. The Hall–Kier alpha value is -1.80. The molecule has 0 aliphatic carbocycles. The Balaban J connectivity index is 1.77. The van der Waals surface area contributed by atoms with Gasteiger partial charge in [0.05, 0.1) is 6.10 Å². The summed E-state index contributed by atoms with van der Waals surface area (Å²) in [7, 11) is 1.74. The first-order valence-corrected chi connectivity index (χ1v) is 7.75. The number of amides is 1. The van der Waals surface area contributed by atoms with E-state index in [1.54, 1.807) is 18.9 Å². The molecule has 8 nitrogen and oxygen atoms in total. The summed E-state index contributed by atoms with van der Waals surface area (Å²) in [6.45, 7) is 3.70. The minimum absolute atomic E-state index is 0.180. The van der Waals surface area contributed by atoms with Crippen molar-refractivity contribution in [2.24, 2.45) is 0 Å². The van der Waals surface area contributed by atoms with Gasteiger partial charge >= 0.3 is 0 Å². The van der Waals surface area contributed by atoms with Crippen LogP contribution >= 0.6 is 0 Å². The molecule has 0 radical (unpaired) electrons. The maximum atomic E-state index is 12.7. The third kappa shape index (κ3) is 2.42. The van der Waals surface area contributed by atoms with Gasteiger partial charge in [-0.3, -0.25) is 9.69 Å². The van der Waals surface area contributed by atoms with E-state index in [9.17, 15) is 15.0 Å². The van der Waals surface area contributed by atoms with E-state index in [1.165, 1.54) is 4.90 Å². The molecule has 1 aromatic rings. The molecule has 1 amide bonds. The molecule has 22 heavy (non-hydrogen) atoms. The van der Waals surface area contributed by atoms with E-state index in [1.807, 2.05) is 4.57 Å². The number of aromatic nitrogens is 2. The van der Waals surface area contributed by atoms with Crippen molar-refractivity contribution in [3.8, 4) is 0 Å². The number of fused-ring (bicyclic) bond motifs is 3. The fourth-order valence-corrected chi connectivity index (χ4v) is 3.03. The molecule has 2 aliphatic rings. The lowest BCUT2D eigenvalue weighted by Gasteiger charge is -2.38. The molecule has 0 spiro atoms. The molecule has 0 saturated heterocycles. The standard InChI is InChI=1S/C14H23N5O3/c1-9(20)5-3-4-7-19-12(21)10-11(17(2)14(19)22)16-13-15-6-8-18(10)13/h9,14,20,22H,3-8H2,1-2H3,(H,15,16)/t9-,14?/m1/s1. The van der Waals surface area contributed by atoms with Gasteiger partial charge in [0.1, 0.15) is 0 Å². The van der Waals surface area contributed by atoms with Crippen LogP contribution in [0.3, 0.4) is 0 Å². The highest BCUT2D eigenvalue weighted by Crippen LogP contribution is 2.33. The van der Waals surface area contributed by atoms with Crippen LogP contribution < -0.4 is 10.2 Å². The normalized spacial score (nSPS) is 21.6. The minimum Gasteiger partial charge on any atom is -0.393 e. The second-order valence-electron chi connectivity index (χ2n) is 5.99. The molecule has 2 atom stereocenters. The molecule has 0 aromatic carbocycles. The number of nitrogens with one attached hydrogen (secondary N) is 1. The lowest BCUT2D eigenvalue weighted by atomic mass is 10.1. The van der Waals surface area contributed by atoms with Crippen molar-refractivity contribution in [1.82, 2.24) is 14.5 Å². The first-order chi connectivity index (χ1) is 10.5. The van der Waals surface area contributed by atoms with Gasteiger partial charge in [-0.25, -0.2) is 0 Å². The molecular weight excluding hydrogens is 286 g/mol. The summed E-state index contributed by atoms with van der Waals surface area (Å²) in [5, 5.41) is 22.8. The highest BCUT2D eigenvalue weighted by molar-refractivity contribution is 6.00. The summed E-state index contributed by atoms with van der Waals surface area (Å²) in [6, 6.07) is 0. The Morgan fingerprint density at radius 2 is 2.23 bits per heavy atom. The molecule has 1 unspecified atom stereocenters. The van der Waals surface area contributed by atoms with Crippen molar-refractivity contribution >= 4 is 17.7 Å². The van der Waals surface area contributed by atoms with Crippen molar-refractivity contribution < 1.29 is 15.0 Å². The van der Waals surface area contributed by atoms with E-state index in [-0.39, 0.29) is 12.0 Å². The summed E-state index contributed by atoms with van der Waals surface area (Å²) in [6.07, 6.45) is 0.931. The van der Waals surface area contributed by atoms with Gasteiger partial charge in [0.25, 0.3) is 5.91 Å². The van der Waals surface area contributed by atoms with Gasteiger partial charge in [-0.05, 0) is 26.2 Å². The minimum atomic E-state index is -0.998. The summed E-state index contributed by atoms with van der Waals surface area (Å²) < 4.78 is 1.88. The second kappa shape index (κ2) is 5.77. The summed E-state index contributed by atoms with van der Waals surface area (Å²) in [4.78, 5) is 20.2. The van der Waals surface area contributed by atoms with Gasteiger partial charge < -0.3 is 25.0 Å². The third-order valence-corrected chi connectivity index (χ3v) is 4.26. The largest absolute Gasteiger partial charge is 0.393 e. The molecule has 122 valence electrons. The number of aliphatic hydroxyl groups excluding tert-OH is 2. The number of carbonyl (C=O) groups is 1. The average Bonchev–Trinajstić information content (AvgIpc) is 3.04. The van der Waals surface area contributed by atoms with Crippen LogP contribution in [0, 0.1) is 0 Å². The van der Waals surface area contributed by atoms with Crippen LogP contribution in [0.2, 0.25) is 0 Å². The topological polar surface area (TPSA) is 93.9 Å². The zero-order valence-corrected chi connectivity index (χ0v) is 13.0. The molecule has 8 heteroatoms. The maximum absolute atomic E-state index is 12.7. The number of hydrogen-bond donors (Lipinski definition) is 3. The molecule has 3 heterocycles. The quantitative estimate of drug-likeness (QED) is 0.664. The summed E-state index contributed by atoms with van der Waals surface area (Å²) >= 11 is 0. The van der Waals surface area contributed by atoms with E-state index in [4.69, 9.17) is 0 Å². The van der Waals surface area contributed by atoms with Gasteiger partial charge in [-0.1, -0.05) is 0 Å². The lowest BCUT2D eigenvalue weighted by molar-refractivity contribution is 0.00218. The van der Waals surface area contributed by atoms with Crippen LogP contribution in [0.25, 0.3) is 0 Å². The SMILES string of the molecule is C[C@@H](O)CCCCN1C(=O)c2c(nc3n2CCN3)N(C)C1O. The fourth-order valence-electron chi connectivity index (χ4n) is 3.03. The Labute approximate surface area is 129 Å². The number of hydrogen-bond acceptors (Lipinski definition) is 6. The van der Waals surface area contributed by atoms with Crippen LogP contribution in [0.1, 0.15) is 36.7 Å². The summed E-state index contributed by atoms with van der Waals surface area (Å²) in [5.41, 5.74) is 0.545. The smallest absolute Gasteiger partial charge is 0.277 e. The lowest BCUT2D eigenvalue weighted by Crippen LogP contribution is -2.54. The Kier molecular flexibility index (Phi) is 3.96. The summed E-state index contributed by atoms with van der Waals surface area (Å²) in [5.74, 6) is 1.04. The Morgan fingerprint density at radius 1 is 1.45 bits per heavy atom. The first kappa shape index (κ1) is 15.1. The number of nitrogens with zero attached hydrogens (tertiary/aromatic N) is 4. The molecule has 0 fully saturated rings. The van der Waals surface area contributed by atoms with Gasteiger partial charge in [-0.15, -0.1) is 0 Å². The van der Waals surface area contributed by atoms with E-state index in [0.717, 1.165) is 19.4 Å². The molecule has 3 rings (SSSR count). The van der Waals surface area contributed by atoms with Crippen LogP contribution in [0.4, 0.5) is 11.8 Å². The number of rotatable bonds is 5. The number of unbranched alkanes of at least 4 members (excludes halogenated alkanes) is 1. The van der Waals surface area contributed by atoms with E-state index in [2.05, 4.69) is 10.3 Å². The number of anilines is 2. The number of aliphatic hydroxyl groups is 2. The van der Waals surface area contributed by atoms with E-state index < -0.39 is 6.35 Å². The van der Waals surface area contributed by atoms with Crippen molar-refractivity contribution in [1.29, 1.82) is 0 Å². The maximum Gasteiger partial charge on any atom is 0.277 e. The van der Waals surface area contributed by atoms with Crippen molar-refractivity contribution in [2.75, 3.05) is 30.4 Å². The van der Waals surface area contributed by atoms with Gasteiger partial charge in [0.15, 0.2) is 11.5 Å². The first-order valence-electron chi connectivity index (χ1n) is 7.75. The van der Waals surface area contributed by atoms with Crippen LogP contribution in [-0.2, 0) is 6.54 Å². The zero-order chi connectivity index (χ0) is 15.9. The van der Waals surface area contributed by atoms with Crippen molar-refractivity contribution in [3.63, 3.8) is 0 Å². The monoisotopic (exact) mass is 309 g/mol. The van der Waals surface area contributed by atoms with E-state index >= 15 is 0 Å². The van der Waals surface area contributed by atoms with Gasteiger partial charge in [0.2, 0.25) is 12.3 Å². The van der Waals surface area contributed by atoms with Crippen LogP contribution in [0.15, 0.2) is 0 Å². The predicted molar refractivity (Wildman–Crippen MR) is 81.7 cm³/mol. The number of imidazole rings is 1. The third-order valence-electron chi connectivity index (χ3n) is 4.26. The van der Waals surface area contributed by atoms with Crippen LogP contribution in [-0.4, -0.2) is 63.2 Å². The van der Waals surface area contributed by atoms with Crippen molar-refractivity contribution in [2.45, 2.75) is 45.2 Å². The molecule has 1 aromatic heterocycles. The predicted octanol–water partition coefficient (Wildman–Crippen LogP) is 0.0276. The molecular formula is C14H23N5O3. The molecule has 2 aliphatic heterocycles. The Bertz CT molecular complexity index is 571. The highest BCUT2D eigenvalue weighted by atomic mass is 16.3. The average molecular weight is 309 g/mol. The Morgan fingerprint density at radius 3 is 2.95 bits per heavy atom. The zero-order valence-electron chi connectivity index (χ0n) is 13.0. The fraction of sp³-hybridized carbons (Fsp3) is 0.714. The van der Waals surface area contributed by atoms with Crippen LogP contribution in [0.5, 0.6) is 0 Å². The van der Waals surface area contributed by atoms with Gasteiger partial charge in [0, 0.05) is 26.7 Å². The van der Waals surface area contributed by atoms with Crippen molar-refractivity contribution in [3.05, 3.63) is 5.69 Å². The molecule has 3 N–H and O–H groups in total. The van der Waals surface area contributed by atoms with E-state index in [0.29, 0.717) is 37.0 Å². The molecule has 0 bridgehead atoms. The van der Waals surface area contributed by atoms with Gasteiger partial charge in [-0.2, -0.15) is 4.98 Å². The molecule has 0 saturated carbocycles. The number of carbonyl (C=O) groups excluding carboxylic acids is 1.